The molecule has 0 bridgehead atoms. The van der Waals surface area contributed by atoms with Crippen molar-refractivity contribution in [2.45, 2.75) is 26.3 Å². The summed E-state index contributed by atoms with van der Waals surface area (Å²) in [4.78, 5) is 16.5. The van der Waals surface area contributed by atoms with Gasteiger partial charge < -0.3 is 5.73 Å². The molecule has 0 spiro atoms. The molecule has 0 atom stereocenters. The van der Waals surface area contributed by atoms with Crippen LogP contribution in [0.5, 0.6) is 0 Å². The van der Waals surface area contributed by atoms with E-state index in [1.807, 2.05) is 27.0 Å². The zero-order valence-electron chi connectivity index (χ0n) is 10.7. The van der Waals surface area contributed by atoms with Crippen molar-refractivity contribution in [1.82, 2.24) is 14.8 Å². The lowest BCUT2D eigenvalue weighted by molar-refractivity contribution is 0.0828. The van der Waals surface area contributed by atoms with Crippen LogP contribution in [0, 0.1) is 6.92 Å². The monoisotopic (exact) mass is 244 g/mol. The summed E-state index contributed by atoms with van der Waals surface area (Å²) in [7, 11) is 0. The minimum Gasteiger partial charge on any atom is -0.397 e. The lowest BCUT2D eigenvalue weighted by atomic mass is 9.96. The minimum atomic E-state index is -0.766. The van der Waals surface area contributed by atoms with Gasteiger partial charge in [-0.05, 0) is 38.5 Å². The van der Waals surface area contributed by atoms with Crippen molar-refractivity contribution in [2.24, 2.45) is 0 Å². The van der Waals surface area contributed by atoms with Crippen molar-refractivity contribution in [3.05, 3.63) is 42.0 Å². The van der Waals surface area contributed by atoms with Crippen molar-refractivity contribution in [1.29, 1.82) is 0 Å². The summed E-state index contributed by atoms with van der Waals surface area (Å²) in [6.07, 6.45) is 5.05. The fraction of sp³-hybridized carbons (Fsp3) is 0.308. The normalized spacial score (nSPS) is 11.5. The van der Waals surface area contributed by atoms with E-state index >= 15 is 0 Å². The Bertz CT molecular complexity index is 569. The number of Topliss-reactive ketones (excluding diaryl/α,β-unsaturated/α-hetero) is 1. The Morgan fingerprint density at radius 3 is 2.56 bits per heavy atom. The Morgan fingerprint density at radius 2 is 2.06 bits per heavy atom. The molecule has 0 saturated carbocycles. The van der Waals surface area contributed by atoms with Crippen LogP contribution in [0.25, 0.3) is 0 Å². The first-order valence-corrected chi connectivity index (χ1v) is 5.69. The zero-order valence-corrected chi connectivity index (χ0v) is 10.7. The van der Waals surface area contributed by atoms with Crippen LogP contribution in [0.15, 0.2) is 30.7 Å². The zero-order chi connectivity index (χ0) is 13.3. The number of rotatable bonds is 3. The van der Waals surface area contributed by atoms with Gasteiger partial charge in [0.15, 0.2) is 0 Å². The van der Waals surface area contributed by atoms with Crippen molar-refractivity contribution in [3.63, 3.8) is 0 Å². The van der Waals surface area contributed by atoms with Gasteiger partial charge in [-0.25, -0.2) is 0 Å². The number of pyridine rings is 1. The molecule has 2 aromatic heterocycles. The van der Waals surface area contributed by atoms with Gasteiger partial charge in [-0.3, -0.25) is 14.5 Å². The largest absolute Gasteiger partial charge is 0.397 e. The lowest BCUT2D eigenvalue weighted by Gasteiger charge is -2.23. The van der Waals surface area contributed by atoms with Gasteiger partial charge in [-0.2, -0.15) is 5.10 Å². The van der Waals surface area contributed by atoms with Crippen LogP contribution in [-0.2, 0) is 5.54 Å². The summed E-state index contributed by atoms with van der Waals surface area (Å²) < 4.78 is 1.66. The van der Waals surface area contributed by atoms with Gasteiger partial charge in [-0.15, -0.1) is 0 Å². The molecule has 2 heterocycles. The summed E-state index contributed by atoms with van der Waals surface area (Å²) in [5.41, 5.74) is 6.74. The number of aryl methyl sites for hydroxylation is 1. The Labute approximate surface area is 106 Å². The number of nitrogen functional groups attached to an aromatic ring is 1. The predicted molar refractivity (Wildman–Crippen MR) is 69.3 cm³/mol. The molecular weight excluding hydrogens is 228 g/mol. The summed E-state index contributed by atoms with van der Waals surface area (Å²) in [6.45, 7) is 5.57. The van der Waals surface area contributed by atoms with E-state index in [2.05, 4.69) is 10.1 Å². The number of nitrogens with zero attached hydrogens (tertiary/aromatic N) is 3. The second-order valence-electron chi connectivity index (χ2n) is 4.83. The van der Waals surface area contributed by atoms with Gasteiger partial charge in [0, 0.05) is 6.20 Å². The van der Waals surface area contributed by atoms with Crippen LogP contribution in [0.3, 0.4) is 0 Å². The SMILES string of the molecule is Cc1cnn(C(C)(C)C(=O)c2ccc(N)cn2)c1. The number of carbonyl (C=O) groups excluding carboxylic acids is 1. The van der Waals surface area contributed by atoms with E-state index in [1.54, 1.807) is 23.0 Å². The summed E-state index contributed by atoms with van der Waals surface area (Å²) in [5, 5.41) is 4.19. The van der Waals surface area contributed by atoms with E-state index in [0.29, 0.717) is 11.4 Å². The molecular formula is C13H16N4O. The standard InChI is InChI=1S/C13H16N4O/c1-9-6-16-17(8-9)13(2,3)12(18)11-5-4-10(14)7-15-11/h4-8H,14H2,1-3H3. The number of ketones is 1. The molecule has 0 saturated heterocycles. The quantitative estimate of drug-likeness (QED) is 0.835. The lowest BCUT2D eigenvalue weighted by Crippen LogP contribution is -2.36. The molecule has 0 aromatic carbocycles. The van der Waals surface area contributed by atoms with Crippen molar-refractivity contribution in [3.8, 4) is 0 Å². The molecule has 5 nitrogen and oxygen atoms in total. The van der Waals surface area contributed by atoms with Crippen LogP contribution in [0.2, 0.25) is 0 Å². The molecule has 0 fully saturated rings. The molecule has 2 aromatic rings. The summed E-state index contributed by atoms with van der Waals surface area (Å²) in [6, 6.07) is 3.31. The van der Waals surface area contributed by atoms with Crippen molar-refractivity contribution < 1.29 is 4.79 Å². The highest BCUT2D eigenvalue weighted by atomic mass is 16.1. The average Bonchev–Trinajstić information content (AvgIpc) is 2.76. The van der Waals surface area contributed by atoms with Crippen LogP contribution in [-0.4, -0.2) is 20.5 Å². The Hall–Kier alpha value is -2.17. The van der Waals surface area contributed by atoms with Crippen molar-refractivity contribution >= 4 is 11.5 Å². The molecule has 0 amide bonds. The second kappa shape index (κ2) is 4.25. The van der Waals surface area contributed by atoms with E-state index in [9.17, 15) is 4.79 Å². The van der Waals surface area contributed by atoms with E-state index in [4.69, 9.17) is 5.73 Å². The highest BCUT2D eigenvalue weighted by Gasteiger charge is 2.32. The highest BCUT2D eigenvalue weighted by molar-refractivity contribution is 5.99. The second-order valence-corrected chi connectivity index (χ2v) is 4.83. The maximum Gasteiger partial charge on any atom is 0.208 e. The number of aromatic nitrogens is 3. The van der Waals surface area contributed by atoms with Crippen LogP contribution >= 0.6 is 0 Å². The number of carbonyl (C=O) groups is 1. The molecule has 2 N–H and O–H groups in total. The average molecular weight is 244 g/mol. The van der Waals surface area contributed by atoms with Gasteiger partial charge in [-0.1, -0.05) is 0 Å². The Kier molecular flexibility index (Phi) is 2.90. The van der Waals surface area contributed by atoms with E-state index in [-0.39, 0.29) is 5.78 Å². The Balaban J connectivity index is 2.35. The van der Waals surface area contributed by atoms with E-state index in [1.165, 1.54) is 6.20 Å². The molecule has 2 rings (SSSR count). The maximum atomic E-state index is 12.4. The predicted octanol–water partition coefficient (Wildman–Crippen LogP) is 1.79. The third-order valence-corrected chi connectivity index (χ3v) is 2.86. The van der Waals surface area contributed by atoms with E-state index < -0.39 is 5.54 Å². The first-order valence-electron chi connectivity index (χ1n) is 5.69. The van der Waals surface area contributed by atoms with Crippen molar-refractivity contribution in [2.75, 3.05) is 5.73 Å². The van der Waals surface area contributed by atoms with Gasteiger partial charge in [0.2, 0.25) is 5.78 Å². The van der Waals surface area contributed by atoms with Gasteiger partial charge >= 0.3 is 0 Å². The van der Waals surface area contributed by atoms with Crippen LogP contribution in [0.4, 0.5) is 5.69 Å². The van der Waals surface area contributed by atoms with Gasteiger partial charge in [0.1, 0.15) is 11.2 Å². The third-order valence-electron chi connectivity index (χ3n) is 2.86. The fourth-order valence-corrected chi connectivity index (χ4v) is 1.68. The molecule has 0 aliphatic rings. The number of hydrogen-bond acceptors (Lipinski definition) is 4. The number of anilines is 1. The fourth-order valence-electron chi connectivity index (χ4n) is 1.68. The minimum absolute atomic E-state index is 0.0920. The molecule has 0 aliphatic heterocycles. The van der Waals surface area contributed by atoms with Crippen LogP contribution < -0.4 is 5.73 Å². The molecule has 0 radical (unpaired) electrons. The topological polar surface area (TPSA) is 73.8 Å². The summed E-state index contributed by atoms with van der Waals surface area (Å²) in [5.74, 6) is -0.0920. The first kappa shape index (κ1) is 12.3. The summed E-state index contributed by atoms with van der Waals surface area (Å²) >= 11 is 0. The molecule has 0 unspecified atom stereocenters. The maximum absolute atomic E-state index is 12.4. The third kappa shape index (κ3) is 2.11. The highest BCUT2D eigenvalue weighted by Crippen LogP contribution is 2.20. The molecule has 5 heteroatoms. The first-order chi connectivity index (χ1) is 8.41. The smallest absolute Gasteiger partial charge is 0.208 e. The molecule has 18 heavy (non-hydrogen) atoms. The van der Waals surface area contributed by atoms with Gasteiger partial charge in [0.05, 0.1) is 18.1 Å². The number of nitrogens with two attached hydrogens (primary N) is 1. The van der Waals surface area contributed by atoms with Gasteiger partial charge in [0.25, 0.3) is 0 Å². The van der Waals surface area contributed by atoms with E-state index in [0.717, 1.165) is 5.56 Å². The van der Waals surface area contributed by atoms with Crippen LogP contribution in [0.1, 0.15) is 29.9 Å². The number of hydrogen-bond donors (Lipinski definition) is 1. The molecule has 94 valence electrons. The Morgan fingerprint density at radius 1 is 1.33 bits per heavy atom. The molecule has 0 aliphatic carbocycles.